The Balaban J connectivity index is 3.53. The summed E-state index contributed by atoms with van der Waals surface area (Å²) < 4.78 is 0. The van der Waals surface area contributed by atoms with Crippen LogP contribution in [-0.4, -0.2) is 207 Å². The number of aliphatic carboxylic acids is 2. The van der Waals surface area contributed by atoms with Gasteiger partial charge in [-0.05, 0) is 94.3 Å². The molecule has 0 aliphatic rings. The molecule has 570 valence electrons. The number of amides is 14. The Morgan fingerprint density at radius 1 is 0.396 bits per heavy atom. The molecule has 0 aliphatic heterocycles. The Bertz CT molecular complexity index is 2980. The van der Waals surface area contributed by atoms with Gasteiger partial charge in [0.25, 0.3) is 0 Å². The fraction of sp³-hybridized carbons (Fsp3) is 0.712. The summed E-state index contributed by atoms with van der Waals surface area (Å²) >= 11 is 0. The highest BCUT2D eigenvalue weighted by Gasteiger charge is 2.38. The molecule has 0 fully saturated rings. The van der Waals surface area contributed by atoms with E-state index in [0.717, 1.165) is 0 Å². The maximum atomic E-state index is 14.6. The molecule has 0 radical (unpaired) electrons. The summed E-state index contributed by atoms with van der Waals surface area (Å²) in [7, 11) is 0. The van der Waals surface area contributed by atoms with E-state index in [1.165, 1.54) is 33.3 Å². The second kappa shape index (κ2) is 44.7. The summed E-state index contributed by atoms with van der Waals surface area (Å²) in [6.45, 7) is 26.2. The number of carbonyl (C=O) groups is 16. The Hall–Kier alpha value is -9.31. The Morgan fingerprint density at radius 2 is 0.772 bits per heavy atom. The van der Waals surface area contributed by atoms with Gasteiger partial charge in [-0.2, -0.15) is 0 Å². The maximum Gasteiger partial charge on any atom is 0.322 e. The number of carboxylic acids is 2. The minimum Gasteiger partial charge on any atom is -0.481 e. The van der Waals surface area contributed by atoms with E-state index in [1.54, 1.807) is 96.9 Å². The van der Waals surface area contributed by atoms with Gasteiger partial charge in [0.2, 0.25) is 82.7 Å². The first-order valence-electron chi connectivity index (χ1n) is 34.3. The van der Waals surface area contributed by atoms with Gasteiger partial charge < -0.3 is 95.4 Å². The Morgan fingerprint density at radius 3 is 1.20 bits per heavy atom. The maximum absolute atomic E-state index is 14.6. The van der Waals surface area contributed by atoms with Crippen LogP contribution in [0.25, 0.3) is 0 Å². The van der Waals surface area contributed by atoms with Crippen molar-refractivity contribution in [3.63, 3.8) is 0 Å². The number of aromatic nitrogens is 2. The zero-order chi connectivity index (χ0) is 77.3. The zero-order valence-corrected chi connectivity index (χ0v) is 61.4. The van der Waals surface area contributed by atoms with Crippen molar-refractivity contribution in [1.29, 1.82) is 0 Å². The van der Waals surface area contributed by atoms with Crippen molar-refractivity contribution < 1.29 is 86.9 Å². The number of hydrogen-bond donors (Lipinski definition) is 18. The van der Waals surface area contributed by atoms with Crippen LogP contribution < -0.4 is 80.2 Å². The van der Waals surface area contributed by atoms with E-state index in [4.69, 9.17) is 10.8 Å². The standard InChI is InChI=1S/C66H113N17O18/c1-18-37(14)54(81-49(85)28-69-48(84)27-70-56(91)39(16)73-55(90)38(15)67)66(101)80-45(23-33(6)7)61(96)79-47(25-41-26-68-30-72-41)62(97)77-43(21-31(2)3)59(94)75-42(19-20-50(86)87)58(93)76-44(22-32(4)5)60(95)78-46(24-34(8)9)63(98)83-53(36(12)13)65(100)74-40(17)57(92)82-52(35(10)11)64(99)71-29-51(88)89/h26,30-40,42-47,52-54H,18-25,27-29,67H2,1-17H3,(H,68,72)(H,69,84)(H,70,91)(H,71,99)(H,73,90)(H,74,100)(H,75,94)(H,76,93)(H,77,97)(H,78,95)(H,79,96)(H,80,101)(H,81,85)(H,82,92)(H,83,98)(H,86,87)(H,88,89)/t37-,38-,39-,40-,42-,43-,44-,45-,46-,47-,52-,53-,54-/m0/s1. The lowest BCUT2D eigenvalue weighted by Crippen LogP contribution is -2.61. The van der Waals surface area contributed by atoms with E-state index < -0.39 is 217 Å². The molecule has 1 heterocycles. The van der Waals surface area contributed by atoms with Gasteiger partial charge in [-0.3, -0.25) is 76.7 Å². The highest BCUT2D eigenvalue weighted by molar-refractivity contribution is 6.00. The molecule has 14 amide bonds. The smallest absolute Gasteiger partial charge is 0.322 e. The SMILES string of the molecule is CC[C@H](C)[C@H](NC(=O)CNC(=O)CNC(=O)[C@H](C)NC(=O)[C@H](C)N)C(=O)N[C@@H](CC(C)C)C(=O)N[C@@H](Cc1cnc[nH]1)C(=O)N[C@@H](CC(C)C)C(=O)N[C@@H](CCC(=O)O)C(=O)N[C@@H](CC(C)C)C(=O)N[C@@H](CC(C)C)C(=O)N[C@H](C(=O)N[C@@H](C)C(=O)N[C@H](C(=O)NCC(=O)O)C(C)C)C(C)C. The van der Waals surface area contributed by atoms with Crippen LogP contribution in [0, 0.1) is 41.4 Å². The molecule has 13 atom stereocenters. The zero-order valence-electron chi connectivity index (χ0n) is 61.4. The van der Waals surface area contributed by atoms with E-state index in [9.17, 15) is 81.8 Å². The van der Waals surface area contributed by atoms with E-state index in [-0.39, 0.29) is 55.8 Å². The summed E-state index contributed by atoms with van der Waals surface area (Å²) in [5, 5.41) is 54.4. The molecule has 35 heteroatoms. The molecule has 1 rings (SSSR count). The lowest BCUT2D eigenvalue weighted by atomic mass is 9.96. The normalized spacial score (nSPS) is 15.2. The lowest BCUT2D eigenvalue weighted by Gasteiger charge is -2.30. The van der Waals surface area contributed by atoms with Gasteiger partial charge >= 0.3 is 11.9 Å². The average molecular weight is 1430 g/mol. The quantitative estimate of drug-likeness (QED) is 0.0321. The molecule has 0 unspecified atom stereocenters. The van der Waals surface area contributed by atoms with E-state index in [0.29, 0.717) is 12.1 Å². The van der Waals surface area contributed by atoms with Crippen LogP contribution in [-0.2, 0) is 83.1 Å². The first kappa shape index (κ1) is 89.7. The fourth-order valence-corrected chi connectivity index (χ4v) is 9.94. The van der Waals surface area contributed by atoms with Crippen molar-refractivity contribution >= 4 is 94.6 Å². The number of H-pyrrole nitrogens is 1. The van der Waals surface area contributed by atoms with Crippen LogP contribution in [0.5, 0.6) is 0 Å². The van der Waals surface area contributed by atoms with Crippen molar-refractivity contribution in [2.75, 3.05) is 19.6 Å². The van der Waals surface area contributed by atoms with Gasteiger partial charge in [-0.15, -0.1) is 0 Å². The molecule has 0 saturated carbocycles. The summed E-state index contributed by atoms with van der Waals surface area (Å²) in [5.41, 5.74) is 5.88. The van der Waals surface area contributed by atoms with E-state index in [1.807, 2.05) is 0 Å². The number of aromatic amines is 1. The molecule has 0 aromatic carbocycles. The Labute approximate surface area is 590 Å². The van der Waals surface area contributed by atoms with Crippen molar-refractivity contribution in [2.24, 2.45) is 47.2 Å². The van der Waals surface area contributed by atoms with Gasteiger partial charge in [-0.25, -0.2) is 4.98 Å². The molecular formula is C66H113N17O18. The minimum absolute atomic E-state index is 0.0209. The molecule has 0 bridgehead atoms. The number of nitrogens with zero attached hydrogens (tertiary/aromatic N) is 1. The third-order valence-corrected chi connectivity index (χ3v) is 15.8. The fourth-order valence-electron chi connectivity index (χ4n) is 9.94. The van der Waals surface area contributed by atoms with Gasteiger partial charge in [0.15, 0.2) is 0 Å². The number of carbonyl (C=O) groups excluding carboxylic acids is 14. The molecule has 35 nitrogen and oxygen atoms in total. The molecule has 0 spiro atoms. The summed E-state index contributed by atoms with van der Waals surface area (Å²) in [6.07, 6.45) is 1.61. The van der Waals surface area contributed by atoms with Crippen molar-refractivity contribution in [3.05, 3.63) is 18.2 Å². The molecule has 101 heavy (non-hydrogen) atoms. The highest BCUT2D eigenvalue weighted by atomic mass is 16.4. The molecule has 1 aromatic rings. The van der Waals surface area contributed by atoms with Crippen LogP contribution in [0.4, 0.5) is 0 Å². The molecule has 1 aromatic heterocycles. The average Bonchev–Trinajstić information content (AvgIpc) is 1.15. The molecule has 0 saturated heterocycles. The Kier molecular flexibility index (Phi) is 39.7. The number of imidazole rings is 1. The van der Waals surface area contributed by atoms with Gasteiger partial charge in [-0.1, -0.05) is 103 Å². The van der Waals surface area contributed by atoms with Crippen LogP contribution in [0.2, 0.25) is 0 Å². The van der Waals surface area contributed by atoms with Gasteiger partial charge in [0.05, 0.1) is 25.5 Å². The second-order valence-electron chi connectivity index (χ2n) is 27.8. The topological polar surface area (TPSA) is 537 Å². The van der Waals surface area contributed by atoms with Crippen LogP contribution >= 0.6 is 0 Å². The van der Waals surface area contributed by atoms with E-state index in [2.05, 4.69) is 84.4 Å². The minimum atomic E-state index is -1.65. The summed E-state index contributed by atoms with van der Waals surface area (Å²) in [6, 6.07) is -15.5. The van der Waals surface area contributed by atoms with Crippen molar-refractivity contribution in [1.82, 2.24) is 84.4 Å². The third-order valence-electron chi connectivity index (χ3n) is 15.8. The monoisotopic (exact) mass is 1430 g/mol. The van der Waals surface area contributed by atoms with Crippen molar-refractivity contribution in [2.45, 2.75) is 242 Å². The van der Waals surface area contributed by atoms with Gasteiger partial charge in [0, 0.05) is 24.7 Å². The number of nitrogens with one attached hydrogen (secondary N) is 15. The van der Waals surface area contributed by atoms with Gasteiger partial charge in [0.1, 0.15) is 73.0 Å². The highest BCUT2D eigenvalue weighted by Crippen LogP contribution is 2.16. The van der Waals surface area contributed by atoms with Crippen LogP contribution in [0.3, 0.4) is 0 Å². The summed E-state index contributed by atoms with van der Waals surface area (Å²) in [5.74, 6) is -16.7. The number of carboxylic acid groups (broad SMARTS) is 2. The molecular weight excluding hydrogens is 1320 g/mol. The second-order valence-corrected chi connectivity index (χ2v) is 27.8. The predicted molar refractivity (Wildman–Crippen MR) is 369 cm³/mol. The molecule has 19 N–H and O–H groups in total. The number of rotatable bonds is 46. The van der Waals surface area contributed by atoms with Crippen LogP contribution in [0.15, 0.2) is 12.5 Å². The summed E-state index contributed by atoms with van der Waals surface area (Å²) in [4.78, 5) is 221. The third kappa shape index (κ3) is 34.6. The first-order valence-corrected chi connectivity index (χ1v) is 34.3. The largest absolute Gasteiger partial charge is 0.481 e. The first-order chi connectivity index (χ1) is 47.0. The predicted octanol–water partition coefficient (Wildman–Crippen LogP) is -2.49. The van der Waals surface area contributed by atoms with E-state index >= 15 is 0 Å². The molecule has 0 aliphatic carbocycles. The number of nitrogens with two attached hydrogens (primary N) is 1. The lowest BCUT2D eigenvalue weighted by molar-refractivity contribution is -0.139. The van der Waals surface area contributed by atoms with Crippen molar-refractivity contribution in [3.8, 4) is 0 Å². The number of hydrogen-bond acceptors (Lipinski definition) is 18. The van der Waals surface area contributed by atoms with Crippen LogP contribution in [0.1, 0.15) is 168 Å².